The number of carbonyl (C=O) groups is 1. The fourth-order valence-electron chi connectivity index (χ4n) is 3.72. The second kappa shape index (κ2) is 6.55. The highest BCUT2D eigenvalue weighted by atomic mass is 16.4. The summed E-state index contributed by atoms with van der Waals surface area (Å²) in [4.78, 5) is 13.4. The molecule has 0 aromatic heterocycles. The van der Waals surface area contributed by atoms with Gasteiger partial charge in [-0.1, -0.05) is 19.8 Å². The Labute approximate surface area is 111 Å². The molecule has 0 aromatic rings. The summed E-state index contributed by atoms with van der Waals surface area (Å²) in [6, 6.07) is 0. The van der Waals surface area contributed by atoms with Gasteiger partial charge in [-0.3, -0.25) is 4.79 Å². The van der Waals surface area contributed by atoms with Crippen LogP contribution >= 0.6 is 0 Å². The standard InChI is InChI=1S/C15H27NO2/c1-12(9-15(17)18)14-7-4-8-16(11-14)10-13-5-2-3-6-13/h12-14H,2-11H2,1H3,(H,17,18). The van der Waals surface area contributed by atoms with E-state index >= 15 is 0 Å². The molecule has 2 atom stereocenters. The molecule has 18 heavy (non-hydrogen) atoms. The van der Waals surface area contributed by atoms with E-state index in [1.54, 1.807) is 0 Å². The fraction of sp³-hybridized carbons (Fsp3) is 0.933. The molecule has 1 N–H and O–H groups in total. The van der Waals surface area contributed by atoms with Crippen LogP contribution in [0.2, 0.25) is 0 Å². The third-order valence-corrected chi connectivity index (χ3v) is 4.83. The summed E-state index contributed by atoms with van der Waals surface area (Å²) in [6.45, 7) is 5.73. The van der Waals surface area contributed by atoms with Crippen LogP contribution in [-0.2, 0) is 4.79 Å². The van der Waals surface area contributed by atoms with Gasteiger partial charge in [0.2, 0.25) is 0 Å². The molecule has 104 valence electrons. The summed E-state index contributed by atoms with van der Waals surface area (Å²) >= 11 is 0. The molecule has 2 unspecified atom stereocenters. The van der Waals surface area contributed by atoms with Crippen LogP contribution in [0.15, 0.2) is 0 Å². The van der Waals surface area contributed by atoms with Crippen LogP contribution in [0.4, 0.5) is 0 Å². The third-order valence-electron chi connectivity index (χ3n) is 4.83. The van der Waals surface area contributed by atoms with Crippen molar-refractivity contribution in [2.24, 2.45) is 17.8 Å². The van der Waals surface area contributed by atoms with Crippen molar-refractivity contribution in [1.29, 1.82) is 0 Å². The molecule has 3 nitrogen and oxygen atoms in total. The molecule has 1 saturated carbocycles. The van der Waals surface area contributed by atoms with Gasteiger partial charge in [-0.2, -0.15) is 0 Å². The van der Waals surface area contributed by atoms with E-state index in [1.807, 2.05) is 0 Å². The minimum Gasteiger partial charge on any atom is -0.481 e. The number of aliphatic carboxylic acids is 1. The van der Waals surface area contributed by atoms with Crippen LogP contribution < -0.4 is 0 Å². The minimum atomic E-state index is -0.643. The van der Waals surface area contributed by atoms with Gasteiger partial charge in [0.05, 0.1) is 0 Å². The first kappa shape index (κ1) is 13.9. The SMILES string of the molecule is CC(CC(=O)O)C1CCCN(CC2CCCC2)C1. The summed E-state index contributed by atoms with van der Waals surface area (Å²) < 4.78 is 0. The zero-order valence-electron chi connectivity index (χ0n) is 11.6. The van der Waals surface area contributed by atoms with Gasteiger partial charge >= 0.3 is 5.97 Å². The van der Waals surface area contributed by atoms with Crippen molar-refractivity contribution < 1.29 is 9.90 Å². The van der Waals surface area contributed by atoms with Crippen LogP contribution in [-0.4, -0.2) is 35.6 Å². The van der Waals surface area contributed by atoms with Crippen molar-refractivity contribution in [2.75, 3.05) is 19.6 Å². The van der Waals surface area contributed by atoms with Crippen LogP contribution in [0.3, 0.4) is 0 Å². The smallest absolute Gasteiger partial charge is 0.303 e. The molecule has 1 aliphatic carbocycles. The molecule has 1 aliphatic heterocycles. The number of carboxylic acid groups (broad SMARTS) is 1. The molecule has 1 heterocycles. The zero-order valence-corrected chi connectivity index (χ0v) is 11.6. The largest absolute Gasteiger partial charge is 0.481 e. The van der Waals surface area contributed by atoms with Gasteiger partial charge in [-0.05, 0) is 50.0 Å². The highest BCUT2D eigenvalue weighted by molar-refractivity contribution is 5.66. The third kappa shape index (κ3) is 3.98. The Balaban J connectivity index is 1.78. The highest BCUT2D eigenvalue weighted by Crippen LogP contribution is 2.30. The molecule has 0 bridgehead atoms. The van der Waals surface area contributed by atoms with Crippen molar-refractivity contribution in [1.82, 2.24) is 4.90 Å². The summed E-state index contributed by atoms with van der Waals surface area (Å²) in [5.74, 6) is 1.19. The molecule has 2 fully saturated rings. The first-order valence-corrected chi connectivity index (χ1v) is 7.59. The maximum atomic E-state index is 10.8. The molecular weight excluding hydrogens is 226 g/mol. The lowest BCUT2D eigenvalue weighted by Crippen LogP contribution is -2.40. The maximum absolute atomic E-state index is 10.8. The van der Waals surface area contributed by atoms with E-state index in [4.69, 9.17) is 5.11 Å². The van der Waals surface area contributed by atoms with Gasteiger partial charge in [0.25, 0.3) is 0 Å². The topological polar surface area (TPSA) is 40.5 Å². The number of piperidine rings is 1. The molecule has 2 aliphatic rings. The first-order chi connectivity index (χ1) is 8.65. The highest BCUT2D eigenvalue weighted by Gasteiger charge is 2.27. The molecule has 1 saturated heterocycles. The van der Waals surface area contributed by atoms with Crippen molar-refractivity contribution in [2.45, 2.75) is 51.9 Å². The Hall–Kier alpha value is -0.570. The molecule has 3 heteroatoms. The summed E-state index contributed by atoms with van der Waals surface area (Å²) in [5, 5.41) is 8.90. The van der Waals surface area contributed by atoms with E-state index in [-0.39, 0.29) is 0 Å². The van der Waals surface area contributed by atoms with Crippen LogP contribution in [0.1, 0.15) is 51.9 Å². The summed E-state index contributed by atoms with van der Waals surface area (Å²) in [5.41, 5.74) is 0. The number of carboxylic acids is 1. The number of nitrogens with zero attached hydrogens (tertiary/aromatic N) is 1. The Morgan fingerprint density at radius 3 is 2.67 bits per heavy atom. The maximum Gasteiger partial charge on any atom is 0.303 e. The monoisotopic (exact) mass is 253 g/mol. The predicted molar refractivity (Wildman–Crippen MR) is 72.5 cm³/mol. The number of hydrogen-bond donors (Lipinski definition) is 1. The lowest BCUT2D eigenvalue weighted by Gasteiger charge is -2.36. The Bertz CT molecular complexity index is 274. The van der Waals surface area contributed by atoms with E-state index in [0.717, 1.165) is 12.5 Å². The normalized spacial score (nSPS) is 28.4. The van der Waals surface area contributed by atoms with Gasteiger partial charge in [0.15, 0.2) is 0 Å². The predicted octanol–water partition coefficient (Wildman–Crippen LogP) is 3.00. The lowest BCUT2D eigenvalue weighted by molar-refractivity contribution is -0.138. The number of hydrogen-bond acceptors (Lipinski definition) is 2. The molecule has 0 amide bonds. The quantitative estimate of drug-likeness (QED) is 0.819. The molecular formula is C15H27NO2. The van der Waals surface area contributed by atoms with E-state index < -0.39 is 5.97 Å². The van der Waals surface area contributed by atoms with E-state index in [9.17, 15) is 4.79 Å². The number of rotatable bonds is 5. The Morgan fingerprint density at radius 2 is 2.00 bits per heavy atom. The molecule has 2 rings (SSSR count). The van der Waals surface area contributed by atoms with Gasteiger partial charge in [0.1, 0.15) is 0 Å². The van der Waals surface area contributed by atoms with Crippen molar-refractivity contribution in [3.8, 4) is 0 Å². The van der Waals surface area contributed by atoms with E-state index in [0.29, 0.717) is 18.3 Å². The average Bonchev–Trinajstić information content (AvgIpc) is 2.81. The van der Waals surface area contributed by atoms with Gasteiger partial charge in [0, 0.05) is 19.5 Å². The van der Waals surface area contributed by atoms with Crippen molar-refractivity contribution >= 4 is 5.97 Å². The number of likely N-dealkylation sites (tertiary alicyclic amines) is 1. The summed E-state index contributed by atoms with van der Waals surface area (Å²) in [7, 11) is 0. The Morgan fingerprint density at radius 1 is 1.28 bits per heavy atom. The zero-order chi connectivity index (χ0) is 13.0. The second-order valence-electron chi connectivity index (χ2n) is 6.39. The van der Waals surface area contributed by atoms with Crippen molar-refractivity contribution in [3.05, 3.63) is 0 Å². The van der Waals surface area contributed by atoms with Crippen LogP contribution in [0, 0.1) is 17.8 Å². The van der Waals surface area contributed by atoms with Crippen molar-refractivity contribution in [3.63, 3.8) is 0 Å². The van der Waals surface area contributed by atoms with Crippen LogP contribution in [0.5, 0.6) is 0 Å². The van der Waals surface area contributed by atoms with Crippen LogP contribution in [0.25, 0.3) is 0 Å². The van der Waals surface area contributed by atoms with Gasteiger partial charge in [-0.25, -0.2) is 0 Å². The van der Waals surface area contributed by atoms with Gasteiger partial charge < -0.3 is 10.0 Å². The first-order valence-electron chi connectivity index (χ1n) is 7.59. The average molecular weight is 253 g/mol. The summed E-state index contributed by atoms with van der Waals surface area (Å²) in [6.07, 6.45) is 8.45. The Kier molecular flexibility index (Phi) is 5.04. The molecule has 0 radical (unpaired) electrons. The fourth-order valence-corrected chi connectivity index (χ4v) is 3.72. The second-order valence-corrected chi connectivity index (χ2v) is 6.39. The van der Waals surface area contributed by atoms with E-state index in [1.165, 1.54) is 51.6 Å². The lowest BCUT2D eigenvalue weighted by atomic mass is 9.84. The van der Waals surface area contributed by atoms with Gasteiger partial charge in [-0.15, -0.1) is 0 Å². The minimum absolute atomic E-state index is 0.328. The molecule has 0 spiro atoms. The van der Waals surface area contributed by atoms with E-state index in [2.05, 4.69) is 11.8 Å². The molecule has 0 aromatic carbocycles.